The zero-order chi connectivity index (χ0) is 28.9. The molecule has 2 heterocycles. The van der Waals surface area contributed by atoms with Gasteiger partial charge in [-0.05, 0) is 86.3 Å². The van der Waals surface area contributed by atoms with Crippen molar-refractivity contribution in [3.8, 4) is 5.69 Å². The number of aromatic nitrogens is 1. The van der Waals surface area contributed by atoms with Gasteiger partial charge in [-0.25, -0.2) is 0 Å². The number of carbonyl (C=O) groups excluding carboxylic acids is 2. The Hall–Kier alpha value is -3.83. The average molecular weight is 568 g/mol. The van der Waals surface area contributed by atoms with Gasteiger partial charge >= 0.3 is 0 Å². The highest BCUT2D eigenvalue weighted by atomic mass is 35.5. The molecule has 1 aromatic heterocycles. The maximum absolute atomic E-state index is 14.3. The van der Waals surface area contributed by atoms with Gasteiger partial charge in [0.1, 0.15) is 12.6 Å². The lowest BCUT2D eigenvalue weighted by atomic mass is 9.97. The maximum Gasteiger partial charge on any atom is 0.254 e. The molecule has 1 aliphatic rings. The third-order valence-electron chi connectivity index (χ3n) is 7.86. The van der Waals surface area contributed by atoms with Crippen LogP contribution in [-0.4, -0.2) is 33.9 Å². The Kier molecular flexibility index (Phi) is 8.94. The lowest BCUT2D eigenvalue weighted by Crippen LogP contribution is -2.48. The van der Waals surface area contributed by atoms with Crippen molar-refractivity contribution >= 4 is 29.1 Å². The number of hydrogen-bond donors (Lipinski definition) is 0. The molecule has 2 amide bonds. The van der Waals surface area contributed by atoms with Crippen LogP contribution >= 0.6 is 11.6 Å². The Bertz CT molecular complexity index is 1510. The molecule has 0 fully saturated rings. The van der Waals surface area contributed by atoms with Gasteiger partial charge in [-0.3, -0.25) is 14.5 Å². The van der Waals surface area contributed by atoms with Crippen LogP contribution in [0.4, 0.5) is 5.69 Å². The summed E-state index contributed by atoms with van der Waals surface area (Å²) in [5.41, 5.74) is 5.45. The number of benzene rings is 3. The van der Waals surface area contributed by atoms with Crippen LogP contribution in [0.1, 0.15) is 79.7 Å². The van der Waals surface area contributed by atoms with E-state index < -0.39 is 0 Å². The molecule has 212 valence electrons. The number of rotatable bonds is 10. The van der Waals surface area contributed by atoms with E-state index in [1.165, 1.54) is 24.8 Å². The Labute approximate surface area is 248 Å². The molecule has 0 N–H and O–H groups in total. The SMILES string of the molecule is CCCCCCc1ccc(C(=O)N(CC(=O)N2c3ccccc3-n3cccc3C2c2cccc(Cl)c2)C(C)C)cc1. The van der Waals surface area contributed by atoms with Crippen molar-refractivity contribution in [2.75, 3.05) is 11.4 Å². The van der Waals surface area contributed by atoms with Crippen LogP contribution in [0.25, 0.3) is 5.69 Å². The van der Waals surface area contributed by atoms with Gasteiger partial charge in [0.05, 0.1) is 17.1 Å². The molecule has 0 aliphatic carbocycles. The highest BCUT2D eigenvalue weighted by molar-refractivity contribution is 6.30. The largest absolute Gasteiger partial charge is 0.327 e. The van der Waals surface area contributed by atoms with Crippen molar-refractivity contribution in [1.82, 2.24) is 9.47 Å². The topological polar surface area (TPSA) is 45.6 Å². The van der Waals surface area contributed by atoms with E-state index in [9.17, 15) is 9.59 Å². The second-order valence-corrected chi connectivity index (χ2v) is 11.5. The lowest BCUT2D eigenvalue weighted by molar-refractivity contribution is -0.120. The van der Waals surface area contributed by atoms with Crippen molar-refractivity contribution in [2.24, 2.45) is 0 Å². The molecule has 0 spiro atoms. The molecule has 41 heavy (non-hydrogen) atoms. The first-order chi connectivity index (χ1) is 19.9. The predicted molar refractivity (Wildman–Crippen MR) is 167 cm³/mol. The summed E-state index contributed by atoms with van der Waals surface area (Å²) in [6, 6.07) is 26.9. The van der Waals surface area contributed by atoms with Crippen molar-refractivity contribution < 1.29 is 9.59 Å². The number of hydrogen-bond acceptors (Lipinski definition) is 2. The maximum atomic E-state index is 14.3. The first-order valence-electron chi connectivity index (χ1n) is 14.6. The van der Waals surface area contributed by atoms with Gasteiger partial charge in [-0.1, -0.05) is 74.2 Å². The molecule has 1 aliphatic heterocycles. The second-order valence-electron chi connectivity index (χ2n) is 11.0. The molecule has 1 atom stereocenters. The van der Waals surface area contributed by atoms with Crippen LogP contribution in [0.5, 0.6) is 0 Å². The minimum absolute atomic E-state index is 0.0403. The monoisotopic (exact) mass is 567 g/mol. The van der Waals surface area contributed by atoms with Crippen molar-refractivity contribution in [1.29, 1.82) is 0 Å². The molecule has 5 nitrogen and oxygen atoms in total. The number of nitrogens with zero attached hydrogens (tertiary/aromatic N) is 3. The zero-order valence-corrected chi connectivity index (χ0v) is 24.8. The molecule has 4 aromatic rings. The number of fused-ring (bicyclic) bond motifs is 3. The summed E-state index contributed by atoms with van der Waals surface area (Å²) in [7, 11) is 0. The summed E-state index contributed by atoms with van der Waals surface area (Å²) in [6.07, 6.45) is 7.88. The van der Waals surface area contributed by atoms with Gasteiger partial charge in [-0.15, -0.1) is 0 Å². The van der Waals surface area contributed by atoms with E-state index in [2.05, 4.69) is 11.5 Å². The normalized spacial score (nSPS) is 14.1. The average Bonchev–Trinajstić information content (AvgIpc) is 3.47. The van der Waals surface area contributed by atoms with Crippen LogP contribution in [0.2, 0.25) is 5.02 Å². The molecular weight excluding hydrogens is 530 g/mol. The predicted octanol–water partition coefficient (Wildman–Crippen LogP) is 8.24. The van der Waals surface area contributed by atoms with Crippen molar-refractivity contribution in [3.05, 3.63) is 119 Å². The quantitative estimate of drug-likeness (QED) is 0.181. The number of aryl methyl sites for hydroxylation is 1. The first kappa shape index (κ1) is 28.7. The zero-order valence-electron chi connectivity index (χ0n) is 24.1. The fraction of sp³-hybridized carbons (Fsp3) is 0.314. The number of anilines is 1. The number of halogens is 1. The molecular formula is C35H38ClN3O2. The van der Waals surface area contributed by atoms with Gasteiger partial charge in [-0.2, -0.15) is 0 Å². The Morgan fingerprint density at radius 1 is 0.878 bits per heavy atom. The smallest absolute Gasteiger partial charge is 0.254 e. The first-order valence-corrected chi connectivity index (χ1v) is 15.0. The molecule has 0 bridgehead atoms. The molecule has 0 saturated heterocycles. The standard InChI is InChI=1S/C35H38ClN3O2/c1-4-5-6-7-12-26-18-20-27(21-19-26)35(41)38(25(2)3)24-33(40)39-31-16-9-8-15-30(31)37-22-11-17-32(37)34(39)28-13-10-14-29(36)23-28/h8-11,13-23,25,34H,4-7,12,24H2,1-3H3. The van der Waals surface area contributed by atoms with Gasteiger partial charge in [0.25, 0.3) is 5.91 Å². The van der Waals surface area contributed by atoms with E-state index in [-0.39, 0.29) is 30.4 Å². The number of amides is 2. The summed E-state index contributed by atoms with van der Waals surface area (Å²) < 4.78 is 2.12. The molecule has 3 aromatic carbocycles. The fourth-order valence-electron chi connectivity index (χ4n) is 5.70. The van der Waals surface area contributed by atoms with Crippen LogP contribution in [0.3, 0.4) is 0 Å². The molecule has 0 saturated carbocycles. The third-order valence-corrected chi connectivity index (χ3v) is 8.10. The second kappa shape index (κ2) is 12.8. The summed E-state index contributed by atoms with van der Waals surface area (Å²) in [4.78, 5) is 31.6. The van der Waals surface area contributed by atoms with Gasteiger partial charge in [0.15, 0.2) is 0 Å². The number of unbranched alkanes of at least 4 members (excludes halogenated alkanes) is 3. The van der Waals surface area contributed by atoms with E-state index in [1.54, 1.807) is 4.90 Å². The van der Waals surface area contributed by atoms with E-state index in [4.69, 9.17) is 11.6 Å². The minimum atomic E-state index is -0.387. The highest BCUT2D eigenvalue weighted by Gasteiger charge is 2.37. The summed E-state index contributed by atoms with van der Waals surface area (Å²) >= 11 is 6.42. The van der Waals surface area contributed by atoms with Crippen molar-refractivity contribution in [2.45, 2.75) is 65.0 Å². The molecule has 5 rings (SSSR count). The fourth-order valence-corrected chi connectivity index (χ4v) is 5.90. The minimum Gasteiger partial charge on any atom is -0.327 e. The molecule has 6 heteroatoms. The Balaban J connectivity index is 1.44. The summed E-state index contributed by atoms with van der Waals surface area (Å²) in [6.45, 7) is 6.08. The summed E-state index contributed by atoms with van der Waals surface area (Å²) in [5.74, 6) is -0.289. The number of para-hydroxylation sites is 2. The van der Waals surface area contributed by atoms with E-state index >= 15 is 0 Å². The third kappa shape index (κ3) is 6.11. The van der Waals surface area contributed by atoms with Crippen LogP contribution in [-0.2, 0) is 11.2 Å². The van der Waals surface area contributed by atoms with Crippen LogP contribution < -0.4 is 4.90 Å². The molecule has 0 radical (unpaired) electrons. The van der Waals surface area contributed by atoms with E-state index in [1.807, 2.05) is 110 Å². The highest BCUT2D eigenvalue weighted by Crippen LogP contribution is 2.42. The number of carbonyl (C=O) groups is 2. The van der Waals surface area contributed by atoms with Gasteiger partial charge in [0.2, 0.25) is 5.91 Å². The molecule has 1 unspecified atom stereocenters. The van der Waals surface area contributed by atoms with Gasteiger partial charge in [0, 0.05) is 22.8 Å². The van der Waals surface area contributed by atoms with Gasteiger partial charge < -0.3 is 9.47 Å². The van der Waals surface area contributed by atoms with Crippen molar-refractivity contribution in [3.63, 3.8) is 0 Å². The lowest BCUT2D eigenvalue weighted by Gasteiger charge is -2.40. The van der Waals surface area contributed by atoms with Crippen LogP contribution in [0, 0.1) is 0 Å². The van der Waals surface area contributed by atoms with E-state index in [0.717, 1.165) is 35.5 Å². The Morgan fingerprint density at radius 3 is 2.34 bits per heavy atom. The summed E-state index contributed by atoms with van der Waals surface area (Å²) in [5, 5.41) is 0.611. The van der Waals surface area contributed by atoms with E-state index in [0.29, 0.717) is 10.6 Å². The van der Waals surface area contributed by atoms with Crippen LogP contribution in [0.15, 0.2) is 91.1 Å². The Morgan fingerprint density at radius 2 is 1.63 bits per heavy atom.